The van der Waals surface area contributed by atoms with Gasteiger partial charge in [-0.3, -0.25) is 9.78 Å². The van der Waals surface area contributed by atoms with E-state index in [2.05, 4.69) is 15.3 Å². The molecule has 1 aliphatic rings. The van der Waals surface area contributed by atoms with E-state index in [1.54, 1.807) is 24.4 Å². The van der Waals surface area contributed by atoms with Crippen LogP contribution in [-0.2, 0) is 4.79 Å². The zero-order valence-electron chi connectivity index (χ0n) is 11.1. The van der Waals surface area contributed by atoms with Crippen molar-refractivity contribution in [2.45, 2.75) is 19.3 Å². The van der Waals surface area contributed by atoms with Crippen LogP contribution in [0.4, 0.5) is 5.13 Å². The van der Waals surface area contributed by atoms with Gasteiger partial charge in [0.2, 0.25) is 5.91 Å². The molecule has 1 amide bonds. The molecule has 2 aromatic rings. The number of aromatic carboxylic acids is 1. The molecule has 2 heterocycles. The second-order valence-corrected chi connectivity index (χ2v) is 5.83. The van der Waals surface area contributed by atoms with Crippen molar-refractivity contribution < 1.29 is 14.7 Å². The van der Waals surface area contributed by atoms with Gasteiger partial charge in [-0.05, 0) is 25.0 Å². The summed E-state index contributed by atoms with van der Waals surface area (Å²) in [5.74, 6) is -1.13. The van der Waals surface area contributed by atoms with Crippen molar-refractivity contribution in [2.24, 2.45) is 5.92 Å². The van der Waals surface area contributed by atoms with Crippen LogP contribution in [0, 0.1) is 5.92 Å². The van der Waals surface area contributed by atoms with Gasteiger partial charge in [0.15, 0.2) is 5.13 Å². The van der Waals surface area contributed by atoms with Gasteiger partial charge in [0.05, 0.1) is 5.69 Å². The Morgan fingerprint density at radius 3 is 2.71 bits per heavy atom. The molecule has 3 rings (SSSR count). The van der Waals surface area contributed by atoms with E-state index < -0.39 is 5.97 Å². The Kier molecular flexibility index (Phi) is 3.66. The van der Waals surface area contributed by atoms with Crippen LogP contribution in [0.15, 0.2) is 24.4 Å². The van der Waals surface area contributed by atoms with E-state index in [0.717, 1.165) is 30.6 Å². The molecule has 2 N–H and O–H groups in total. The molecule has 0 unspecified atom stereocenters. The van der Waals surface area contributed by atoms with Gasteiger partial charge < -0.3 is 10.4 Å². The number of carboxylic acids is 1. The number of amides is 1. The topological polar surface area (TPSA) is 92.2 Å². The number of hydrogen-bond acceptors (Lipinski definition) is 5. The summed E-state index contributed by atoms with van der Waals surface area (Å²) in [6.45, 7) is 0. The van der Waals surface area contributed by atoms with Crippen LogP contribution in [0.2, 0.25) is 0 Å². The average molecular weight is 303 g/mol. The fraction of sp³-hybridized carbons (Fsp3) is 0.286. The molecular weight excluding hydrogens is 290 g/mol. The summed E-state index contributed by atoms with van der Waals surface area (Å²) in [6.07, 6.45) is 4.41. The Bertz CT molecular complexity index is 680. The largest absolute Gasteiger partial charge is 0.477 e. The van der Waals surface area contributed by atoms with Crippen LogP contribution >= 0.6 is 11.3 Å². The van der Waals surface area contributed by atoms with E-state index in [9.17, 15) is 14.7 Å². The smallest absolute Gasteiger partial charge is 0.348 e. The molecule has 21 heavy (non-hydrogen) atoms. The lowest BCUT2D eigenvalue weighted by atomic mass is 9.85. The number of carbonyl (C=O) groups is 2. The molecule has 0 spiro atoms. The number of pyridine rings is 1. The second-order valence-electron chi connectivity index (χ2n) is 4.83. The number of thiazole rings is 1. The maximum atomic E-state index is 11.9. The fourth-order valence-corrected chi connectivity index (χ4v) is 2.89. The minimum absolute atomic E-state index is 0.0282. The maximum Gasteiger partial charge on any atom is 0.348 e. The molecule has 0 saturated heterocycles. The van der Waals surface area contributed by atoms with Crippen LogP contribution < -0.4 is 5.32 Å². The van der Waals surface area contributed by atoms with Crippen molar-refractivity contribution in [3.8, 4) is 11.4 Å². The molecule has 1 fully saturated rings. The van der Waals surface area contributed by atoms with E-state index in [1.807, 2.05) is 0 Å². The van der Waals surface area contributed by atoms with Crippen LogP contribution in [0.3, 0.4) is 0 Å². The van der Waals surface area contributed by atoms with Crippen molar-refractivity contribution in [2.75, 3.05) is 5.32 Å². The number of anilines is 1. The lowest BCUT2D eigenvalue weighted by Crippen LogP contribution is -2.27. The van der Waals surface area contributed by atoms with Gasteiger partial charge in [-0.25, -0.2) is 9.78 Å². The van der Waals surface area contributed by atoms with Crippen molar-refractivity contribution in [1.82, 2.24) is 9.97 Å². The predicted octanol–water partition coefficient (Wildman–Crippen LogP) is 2.64. The third-order valence-electron chi connectivity index (χ3n) is 3.44. The minimum Gasteiger partial charge on any atom is -0.477 e. The van der Waals surface area contributed by atoms with Crippen LogP contribution in [0.1, 0.15) is 28.9 Å². The quantitative estimate of drug-likeness (QED) is 0.905. The second kappa shape index (κ2) is 5.61. The van der Waals surface area contributed by atoms with Crippen LogP contribution in [-0.4, -0.2) is 27.0 Å². The third-order valence-corrected chi connectivity index (χ3v) is 4.39. The Labute approximate surface area is 124 Å². The number of hydrogen-bond donors (Lipinski definition) is 2. The number of carboxylic acid groups (broad SMARTS) is 1. The highest BCUT2D eigenvalue weighted by Gasteiger charge is 2.27. The zero-order chi connectivity index (χ0) is 14.8. The third kappa shape index (κ3) is 2.78. The minimum atomic E-state index is -1.07. The molecule has 7 heteroatoms. The summed E-state index contributed by atoms with van der Waals surface area (Å²) in [7, 11) is 0. The number of nitrogens with one attached hydrogen (secondary N) is 1. The molecule has 108 valence electrons. The standard InChI is InChI=1S/C14H13N3O3S/c18-12(8-4-3-5-8)17-14-16-10(11(21-14)13(19)20)9-6-1-2-7-15-9/h1-2,6-8H,3-5H2,(H,19,20)(H,16,17,18). The lowest BCUT2D eigenvalue weighted by molar-refractivity contribution is -0.122. The molecule has 0 atom stereocenters. The predicted molar refractivity (Wildman–Crippen MR) is 78.3 cm³/mol. The van der Waals surface area contributed by atoms with Crippen molar-refractivity contribution in [3.05, 3.63) is 29.3 Å². The summed E-state index contributed by atoms with van der Waals surface area (Å²) in [6, 6.07) is 5.20. The number of aromatic nitrogens is 2. The Balaban J connectivity index is 1.89. The number of rotatable bonds is 4. The summed E-state index contributed by atoms with van der Waals surface area (Å²) in [4.78, 5) is 31.7. The van der Waals surface area contributed by atoms with Gasteiger partial charge in [0.1, 0.15) is 10.6 Å². The average Bonchev–Trinajstić information content (AvgIpc) is 2.81. The molecular formula is C14H13N3O3S. The van der Waals surface area contributed by atoms with Crippen molar-refractivity contribution >= 4 is 28.3 Å². The first-order valence-corrected chi connectivity index (χ1v) is 7.43. The highest BCUT2D eigenvalue weighted by molar-refractivity contribution is 7.18. The van der Waals surface area contributed by atoms with E-state index in [0.29, 0.717) is 10.8 Å². The van der Waals surface area contributed by atoms with E-state index >= 15 is 0 Å². The molecule has 1 saturated carbocycles. The highest BCUT2D eigenvalue weighted by Crippen LogP contribution is 2.32. The molecule has 0 aliphatic heterocycles. The maximum absolute atomic E-state index is 11.9. The van der Waals surface area contributed by atoms with Gasteiger partial charge in [0, 0.05) is 12.1 Å². The van der Waals surface area contributed by atoms with E-state index in [1.165, 1.54) is 0 Å². The molecule has 6 nitrogen and oxygen atoms in total. The summed E-state index contributed by atoms with van der Waals surface area (Å²) >= 11 is 0.960. The molecule has 1 aliphatic carbocycles. The highest BCUT2D eigenvalue weighted by atomic mass is 32.1. The van der Waals surface area contributed by atoms with Crippen molar-refractivity contribution in [3.63, 3.8) is 0 Å². The summed E-state index contributed by atoms with van der Waals surface area (Å²) < 4.78 is 0. The fourth-order valence-electron chi connectivity index (χ4n) is 2.07. The molecule has 0 aromatic carbocycles. The van der Waals surface area contributed by atoms with E-state index in [-0.39, 0.29) is 22.4 Å². The summed E-state index contributed by atoms with van der Waals surface area (Å²) in [5, 5.41) is 12.3. The van der Waals surface area contributed by atoms with E-state index in [4.69, 9.17) is 0 Å². The Morgan fingerprint density at radius 2 is 2.14 bits per heavy atom. The molecule has 0 bridgehead atoms. The van der Waals surface area contributed by atoms with Gasteiger partial charge in [-0.15, -0.1) is 0 Å². The van der Waals surface area contributed by atoms with Crippen molar-refractivity contribution in [1.29, 1.82) is 0 Å². The first kappa shape index (κ1) is 13.7. The summed E-state index contributed by atoms with van der Waals surface area (Å²) in [5.41, 5.74) is 0.771. The Hall–Kier alpha value is -2.28. The molecule has 2 aromatic heterocycles. The number of carbonyl (C=O) groups excluding carboxylic acids is 1. The monoisotopic (exact) mass is 303 g/mol. The van der Waals surface area contributed by atoms with Gasteiger partial charge in [0.25, 0.3) is 0 Å². The van der Waals surface area contributed by atoms with Gasteiger partial charge >= 0.3 is 5.97 Å². The first-order valence-electron chi connectivity index (χ1n) is 6.61. The number of nitrogens with zero attached hydrogens (tertiary/aromatic N) is 2. The normalized spacial score (nSPS) is 14.5. The SMILES string of the molecule is O=C(O)c1sc(NC(=O)C2CCC2)nc1-c1ccccn1. The van der Waals surface area contributed by atoms with Gasteiger partial charge in [-0.2, -0.15) is 0 Å². The van der Waals surface area contributed by atoms with Crippen LogP contribution in [0.5, 0.6) is 0 Å². The first-order chi connectivity index (χ1) is 10.1. The van der Waals surface area contributed by atoms with Crippen LogP contribution in [0.25, 0.3) is 11.4 Å². The Morgan fingerprint density at radius 1 is 1.33 bits per heavy atom. The molecule has 0 radical (unpaired) electrons. The zero-order valence-corrected chi connectivity index (χ0v) is 11.9. The van der Waals surface area contributed by atoms with Gasteiger partial charge in [-0.1, -0.05) is 23.8 Å². The lowest BCUT2D eigenvalue weighted by Gasteiger charge is -2.23.